The Morgan fingerprint density at radius 1 is 1.00 bits per heavy atom. The van der Waals surface area contributed by atoms with Crippen molar-refractivity contribution in [1.29, 1.82) is 0 Å². The fourth-order valence-electron chi connectivity index (χ4n) is 2.92. The van der Waals surface area contributed by atoms with Gasteiger partial charge >= 0.3 is 0 Å². The number of hydrazine groups is 1. The molecule has 8 nitrogen and oxygen atoms in total. The summed E-state index contributed by atoms with van der Waals surface area (Å²) < 4.78 is 18.8. The molecule has 9 heteroatoms. The van der Waals surface area contributed by atoms with E-state index in [-0.39, 0.29) is 37.0 Å². The first-order valence-electron chi connectivity index (χ1n) is 9.33. The number of para-hydroxylation sites is 1. The molecule has 0 saturated carbocycles. The molecule has 1 aliphatic heterocycles. The van der Waals surface area contributed by atoms with Gasteiger partial charge in [0.1, 0.15) is 0 Å². The van der Waals surface area contributed by atoms with Crippen LogP contribution < -0.4 is 15.6 Å². The van der Waals surface area contributed by atoms with Gasteiger partial charge in [0.2, 0.25) is 5.91 Å². The Bertz CT molecular complexity index is 959. The van der Waals surface area contributed by atoms with Crippen LogP contribution in [0.15, 0.2) is 48.5 Å². The third-order valence-electron chi connectivity index (χ3n) is 4.50. The van der Waals surface area contributed by atoms with Crippen LogP contribution in [0.1, 0.15) is 40.5 Å². The molecule has 0 unspecified atom stereocenters. The van der Waals surface area contributed by atoms with Gasteiger partial charge in [-0.05, 0) is 37.6 Å². The molecule has 0 radical (unpaired) electrons. The standard InChI is InChI=1S/C21H20FN3O5/c1-13(30-17-10-5-4-9-16(17)22)19(27)24-23-18(26)11-6-12-25-20(28)14-7-2-3-8-15(14)21(25)29/h2-5,7-10,13H,6,11-12H2,1H3,(H,23,26)(H,24,27)/t13-/m1/s1. The molecular formula is C21H20FN3O5. The van der Waals surface area contributed by atoms with Crippen molar-refractivity contribution in [2.24, 2.45) is 0 Å². The minimum Gasteiger partial charge on any atom is -0.478 e. The van der Waals surface area contributed by atoms with Gasteiger partial charge < -0.3 is 4.74 Å². The quantitative estimate of drug-likeness (QED) is 0.532. The zero-order valence-corrected chi connectivity index (χ0v) is 16.2. The second-order valence-electron chi connectivity index (χ2n) is 6.64. The molecule has 0 saturated heterocycles. The molecule has 0 aromatic heterocycles. The second-order valence-corrected chi connectivity index (χ2v) is 6.64. The van der Waals surface area contributed by atoms with Crippen LogP contribution in [0.2, 0.25) is 0 Å². The van der Waals surface area contributed by atoms with Crippen molar-refractivity contribution >= 4 is 23.6 Å². The molecule has 4 amide bonds. The summed E-state index contributed by atoms with van der Waals surface area (Å²) in [5.74, 6) is -2.61. The highest BCUT2D eigenvalue weighted by Crippen LogP contribution is 2.22. The van der Waals surface area contributed by atoms with E-state index < -0.39 is 23.7 Å². The minimum absolute atomic E-state index is 0.0176. The number of carbonyl (C=O) groups is 4. The summed E-state index contributed by atoms with van der Waals surface area (Å²) in [6, 6.07) is 12.2. The van der Waals surface area contributed by atoms with Crippen LogP contribution in [0.4, 0.5) is 4.39 Å². The molecule has 0 spiro atoms. The maximum Gasteiger partial charge on any atom is 0.279 e. The molecule has 2 aromatic carbocycles. The number of rotatable bonds is 7. The van der Waals surface area contributed by atoms with Gasteiger partial charge in [-0.1, -0.05) is 24.3 Å². The van der Waals surface area contributed by atoms with E-state index in [2.05, 4.69) is 10.9 Å². The van der Waals surface area contributed by atoms with E-state index in [1.165, 1.54) is 25.1 Å². The van der Waals surface area contributed by atoms with Crippen molar-refractivity contribution in [2.45, 2.75) is 25.9 Å². The summed E-state index contributed by atoms with van der Waals surface area (Å²) in [6.45, 7) is 1.50. The maximum absolute atomic E-state index is 13.6. The summed E-state index contributed by atoms with van der Waals surface area (Å²) in [6.07, 6.45) is -0.828. The Kier molecular flexibility index (Phi) is 6.41. The lowest BCUT2D eigenvalue weighted by molar-refractivity contribution is -0.132. The number of ether oxygens (including phenoxy) is 1. The van der Waals surface area contributed by atoms with Crippen LogP contribution >= 0.6 is 0 Å². The molecule has 0 fully saturated rings. The van der Waals surface area contributed by atoms with Crippen LogP contribution in [0.3, 0.4) is 0 Å². The molecule has 1 heterocycles. The number of nitrogens with one attached hydrogen (secondary N) is 2. The first-order chi connectivity index (χ1) is 14.4. The van der Waals surface area contributed by atoms with E-state index in [9.17, 15) is 23.6 Å². The minimum atomic E-state index is -1.04. The molecule has 2 aromatic rings. The first-order valence-corrected chi connectivity index (χ1v) is 9.33. The van der Waals surface area contributed by atoms with Gasteiger partial charge in [-0.3, -0.25) is 34.9 Å². The molecule has 156 valence electrons. The lowest BCUT2D eigenvalue weighted by Gasteiger charge is -2.16. The first kappa shape index (κ1) is 21.0. The maximum atomic E-state index is 13.6. The molecule has 2 N–H and O–H groups in total. The molecule has 30 heavy (non-hydrogen) atoms. The number of imide groups is 1. The smallest absolute Gasteiger partial charge is 0.279 e. The zero-order chi connectivity index (χ0) is 21.7. The van der Waals surface area contributed by atoms with Crippen LogP contribution in [-0.4, -0.2) is 41.2 Å². The van der Waals surface area contributed by atoms with Crippen LogP contribution in [0.25, 0.3) is 0 Å². The summed E-state index contributed by atoms with van der Waals surface area (Å²) in [4.78, 5) is 49.5. The van der Waals surface area contributed by atoms with Gasteiger partial charge in [0.05, 0.1) is 11.1 Å². The van der Waals surface area contributed by atoms with Gasteiger partial charge in [-0.25, -0.2) is 4.39 Å². The number of nitrogens with zero attached hydrogens (tertiary/aromatic N) is 1. The highest BCUT2D eigenvalue weighted by atomic mass is 19.1. The van der Waals surface area contributed by atoms with Gasteiger partial charge in [0.25, 0.3) is 17.7 Å². The van der Waals surface area contributed by atoms with E-state index in [0.717, 1.165) is 4.90 Å². The summed E-state index contributed by atoms with van der Waals surface area (Å²) >= 11 is 0. The van der Waals surface area contributed by atoms with E-state index in [1.807, 2.05) is 0 Å². The normalized spacial score (nSPS) is 13.6. The van der Waals surface area contributed by atoms with Crippen LogP contribution in [0.5, 0.6) is 5.75 Å². The third kappa shape index (κ3) is 4.62. The monoisotopic (exact) mass is 413 g/mol. The fraction of sp³-hybridized carbons (Fsp3) is 0.238. The number of amides is 4. The van der Waals surface area contributed by atoms with Crippen LogP contribution in [-0.2, 0) is 9.59 Å². The van der Waals surface area contributed by atoms with E-state index in [0.29, 0.717) is 11.1 Å². The number of fused-ring (bicyclic) bond motifs is 1. The van der Waals surface area contributed by atoms with Gasteiger partial charge in [-0.2, -0.15) is 0 Å². The molecule has 1 aliphatic rings. The van der Waals surface area contributed by atoms with Gasteiger partial charge in [-0.15, -0.1) is 0 Å². The number of hydrogen-bond donors (Lipinski definition) is 2. The molecule has 0 bridgehead atoms. The van der Waals surface area contributed by atoms with Gasteiger partial charge in [0, 0.05) is 13.0 Å². The van der Waals surface area contributed by atoms with Crippen LogP contribution in [0, 0.1) is 5.82 Å². The Morgan fingerprint density at radius 3 is 2.23 bits per heavy atom. The molecular weight excluding hydrogens is 393 g/mol. The lowest BCUT2D eigenvalue weighted by Crippen LogP contribution is -2.47. The fourth-order valence-corrected chi connectivity index (χ4v) is 2.92. The van der Waals surface area contributed by atoms with E-state index >= 15 is 0 Å². The number of benzene rings is 2. The SMILES string of the molecule is C[C@@H](Oc1ccccc1F)C(=O)NNC(=O)CCCN1C(=O)c2ccccc2C1=O. The average Bonchev–Trinajstić information content (AvgIpc) is 2.98. The van der Waals surface area contributed by atoms with Crippen molar-refractivity contribution in [1.82, 2.24) is 15.8 Å². The second kappa shape index (κ2) is 9.17. The average molecular weight is 413 g/mol. The van der Waals surface area contributed by atoms with E-state index in [4.69, 9.17) is 4.74 Å². The van der Waals surface area contributed by atoms with Crippen molar-refractivity contribution in [3.8, 4) is 5.75 Å². The Hall–Kier alpha value is -3.75. The molecule has 1 atom stereocenters. The Morgan fingerprint density at radius 2 is 1.60 bits per heavy atom. The highest BCUT2D eigenvalue weighted by Gasteiger charge is 2.34. The highest BCUT2D eigenvalue weighted by molar-refractivity contribution is 6.21. The van der Waals surface area contributed by atoms with Gasteiger partial charge in [0.15, 0.2) is 17.7 Å². The summed E-state index contributed by atoms with van der Waals surface area (Å²) in [5, 5.41) is 0. The largest absolute Gasteiger partial charge is 0.478 e. The number of halogens is 1. The molecule has 3 rings (SSSR count). The Balaban J connectivity index is 1.40. The van der Waals surface area contributed by atoms with E-state index in [1.54, 1.807) is 30.3 Å². The third-order valence-corrected chi connectivity index (χ3v) is 4.50. The topological polar surface area (TPSA) is 105 Å². The predicted molar refractivity (Wildman–Crippen MR) is 104 cm³/mol. The number of hydrogen-bond acceptors (Lipinski definition) is 5. The lowest BCUT2D eigenvalue weighted by atomic mass is 10.1. The van der Waals surface area contributed by atoms with Crippen molar-refractivity contribution < 1.29 is 28.3 Å². The molecule has 0 aliphatic carbocycles. The van der Waals surface area contributed by atoms with Crippen molar-refractivity contribution in [3.63, 3.8) is 0 Å². The summed E-state index contributed by atoms with van der Waals surface area (Å²) in [7, 11) is 0. The zero-order valence-electron chi connectivity index (χ0n) is 16.2. The van der Waals surface area contributed by atoms with Crippen molar-refractivity contribution in [2.75, 3.05) is 6.54 Å². The Labute approximate surface area is 172 Å². The van der Waals surface area contributed by atoms with Crippen molar-refractivity contribution in [3.05, 3.63) is 65.5 Å². The summed E-state index contributed by atoms with van der Waals surface area (Å²) in [5.41, 5.74) is 5.13. The predicted octanol–water partition coefficient (Wildman–Crippen LogP) is 1.82. The number of carbonyl (C=O) groups excluding carboxylic acids is 4.